The minimum atomic E-state index is -1.08. The quantitative estimate of drug-likeness (QED) is 0.504. The summed E-state index contributed by atoms with van der Waals surface area (Å²) < 4.78 is 0. The van der Waals surface area contributed by atoms with Crippen LogP contribution in [0, 0.1) is 0 Å². The van der Waals surface area contributed by atoms with E-state index in [0.717, 1.165) is 5.39 Å². The predicted molar refractivity (Wildman–Crippen MR) is 70.7 cm³/mol. The van der Waals surface area contributed by atoms with Gasteiger partial charge in [0.25, 0.3) is 0 Å². The first-order chi connectivity index (χ1) is 8.61. The van der Waals surface area contributed by atoms with Gasteiger partial charge in [-0.15, -0.1) is 11.6 Å². The molecule has 1 aromatic carbocycles. The summed E-state index contributed by atoms with van der Waals surface area (Å²) in [5.41, 5.74) is 6.53. The van der Waals surface area contributed by atoms with Crippen molar-refractivity contribution in [2.45, 2.75) is 0 Å². The van der Waals surface area contributed by atoms with Crippen LogP contribution < -0.4 is 5.73 Å². The summed E-state index contributed by atoms with van der Waals surface area (Å²) in [4.78, 5) is 19.1. The normalized spacial score (nSPS) is 11.7. The maximum Gasteiger partial charge on any atom is 0.354 e. The van der Waals surface area contributed by atoms with Gasteiger partial charge in [0.1, 0.15) is 11.5 Å². The number of aromatic nitrogens is 1. The van der Waals surface area contributed by atoms with Gasteiger partial charge in [-0.05, 0) is 12.1 Å². The van der Waals surface area contributed by atoms with Crippen molar-refractivity contribution < 1.29 is 9.90 Å². The van der Waals surface area contributed by atoms with Crippen LogP contribution in [-0.2, 0) is 0 Å². The second-order valence-corrected chi connectivity index (χ2v) is 3.85. The third-order valence-corrected chi connectivity index (χ3v) is 2.59. The van der Waals surface area contributed by atoms with Crippen molar-refractivity contribution in [1.29, 1.82) is 0 Å². The van der Waals surface area contributed by atoms with Crippen LogP contribution >= 0.6 is 11.6 Å². The zero-order valence-electron chi connectivity index (χ0n) is 9.30. The summed E-state index contributed by atoms with van der Waals surface area (Å²) in [6.45, 7) is 0. The first-order valence-corrected chi connectivity index (χ1v) is 5.67. The second-order valence-electron chi connectivity index (χ2n) is 3.59. The number of aliphatic imine (C=N–C) groups is 1. The van der Waals surface area contributed by atoms with Gasteiger partial charge >= 0.3 is 5.97 Å². The number of amidine groups is 1. The average molecular weight is 264 g/mol. The third kappa shape index (κ3) is 2.41. The Hall–Kier alpha value is -2.14. The van der Waals surface area contributed by atoms with Gasteiger partial charge in [-0.2, -0.15) is 0 Å². The van der Waals surface area contributed by atoms with E-state index in [1.165, 1.54) is 6.07 Å². The Morgan fingerprint density at radius 1 is 1.39 bits per heavy atom. The Labute approximate surface area is 108 Å². The van der Waals surface area contributed by atoms with Crippen molar-refractivity contribution in [2.24, 2.45) is 10.7 Å². The zero-order chi connectivity index (χ0) is 13.1. The van der Waals surface area contributed by atoms with E-state index in [0.29, 0.717) is 11.2 Å². The highest BCUT2D eigenvalue weighted by atomic mass is 35.5. The van der Waals surface area contributed by atoms with Gasteiger partial charge in [-0.3, -0.25) is 0 Å². The Morgan fingerprint density at radius 2 is 2.17 bits per heavy atom. The average Bonchev–Trinajstić information content (AvgIpc) is 2.38. The van der Waals surface area contributed by atoms with Crippen LogP contribution in [0.1, 0.15) is 10.5 Å². The number of alkyl halides is 1. The number of para-hydroxylation sites is 1. The number of hydrogen-bond acceptors (Lipinski definition) is 3. The van der Waals surface area contributed by atoms with E-state index >= 15 is 0 Å². The first kappa shape index (κ1) is 12.3. The fourth-order valence-electron chi connectivity index (χ4n) is 1.53. The number of nitrogens with zero attached hydrogens (tertiary/aromatic N) is 2. The lowest BCUT2D eigenvalue weighted by molar-refractivity contribution is 0.0691. The summed E-state index contributed by atoms with van der Waals surface area (Å²) in [6, 6.07) is 8.46. The highest BCUT2D eigenvalue weighted by Gasteiger charge is 2.08. The zero-order valence-corrected chi connectivity index (χ0v) is 10.1. The molecular weight excluding hydrogens is 254 g/mol. The number of carboxylic acids is 1. The molecule has 2 rings (SSSR count). The van der Waals surface area contributed by atoms with Crippen LogP contribution in [0.4, 0.5) is 5.69 Å². The van der Waals surface area contributed by atoms with Crippen molar-refractivity contribution in [2.75, 3.05) is 5.88 Å². The molecule has 0 aliphatic rings. The Morgan fingerprint density at radius 3 is 2.83 bits per heavy atom. The maximum atomic E-state index is 10.9. The molecule has 0 radical (unpaired) electrons. The lowest BCUT2D eigenvalue weighted by Crippen LogP contribution is -2.12. The summed E-state index contributed by atoms with van der Waals surface area (Å²) in [5.74, 6) is -0.720. The lowest BCUT2D eigenvalue weighted by atomic mass is 10.1. The van der Waals surface area contributed by atoms with Crippen LogP contribution in [0.3, 0.4) is 0 Å². The number of nitrogens with two attached hydrogens (primary N) is 1. The summed E-state index contributed by atoms with van der Waals surface area (Å²) in [5, 5.41) is 9.71. The molecule has 1 aromatic heterocycles. The van der Waals surface area contributed by atoms with E-state index in [9.17, 15) is 4.79 Å². The van der Waals surface area contributed by atoms with Crippen LogP contribution in [0.2, 0.25) is 0 Å². The fraction of sp³-hybridized carbons (Fsp3) is 0.0833. The van der Waals surface area contributed by atoms with Crippen LogP contribution in [0.5, 0.6) is 0 Å². The topological polar surface area (TPSA) is 88.6 Å². The molecule has 1 heterocycles. The van der Waals surface area contributed by atoms with Gasteiger partial charge in [0.15, 0.2) is 0 Å². The van der Waals surface area contributed by atoms with Crippen molar-refractivity contribution in [3.05, 3.63) is 36.0 Å². The van der Waals surface area contributed by atoms with Crippen LogP contribution in [-0.4, -0.2) is 27.8 Å². The van der Waals surface area contributed by atoms with Gasteiger partial charge in [0.05, 0.1) is 17.1 Å². The number of benzene rings is 1. The monoisotopic (exact) mass is 263 g/mol. The number of pyridine rings is 1. The van der Waals surface area contributed by atoms with Crippen LogP contribution in [0.15, 0.2) is 35.3 Å². The highest BCUT2D eigenvalue weighted by Crippen LogP contribution is 2.24. The first-order valence-electron chi connectivity index (χ1n) is 5.14. The Kier molecular flexibility index (Phi) is 3.43. The van der Waals surface area contributed by atoms with E-state index in [2.05, 4.69) is 9.98 Å². The van der Waals surface area contributed by atoms with E-state index in [4.69, 9.17) is 22.4 Å². The molecule has 6 heteroatoms. The summed E-state index contributed by atoms with van der Waals surface area (Å²) in [6.07, 6.45) is 0. The molecular formula is C12H10ClN3O2. The number of carbonyl (C=O) groups is 1. The summed E-state index contributed by atoms with van der Waals surface area (Å²) in [7, 11) is 0. The second kappa shape index (κ2) is 5.01. The van der Waals surface area contributed by atoms with Gasteiger partial charge in [0, 0.05) is 5.39 Å². The molecule has 3 N–H and O–H groups in total. The molecule has 0 saturated carbocycles. The Balaban J connectivity index is 2.66. The molecule has 0 atom stereocenters. The molecule has 0 fully saturated rings. The highest BCUT2D eigenvalue weighted by molar-refractivity contribution is 6.28. The van der Waals surface area contributed by atoms with E-state index < -0.39 is 5.97 Å². The lowest BCUT2D eigenvalue weighted by Gasteiger charge is -2.03. The minimum Gasteiger partial charge on any atom is -0.477 e. The van der Waals surface area contributed by atoms with Gasteiger partial charge < -0.3 is 10.8 Å². The number of aromatic carboxylic acids is 1. The SMILES string of the molecule is NC(CCl)=Nc1cccc2ccc(C(=O)O)nc12. The molecule has 0 unspecified atom stereocenters. The van der Waals surface area contributed by atoms with E-state index in [1.54, 1.807) is 18.2 Å². The molecule has 0 bridgehead atoms. The molecule has 2 aromatic rings. The van der Waals surface area contributed by atoms with Crippen LogP contribution in [0.25, 0.3) is 10.9 Å². The van der Waals surface area contributed by atoms with Gasteiger partial charge in [-0.1, -0.05) is 18.2 Å². The standard InChI is InChI=1S/C12H10ClN3O2/c13-6-10(14)15-8-3-1-2-7-4-5-9(12(17)18)16-11(7)8/h1-5H,6H2,(H2,14,15)(H,17,18). The molecule has 0 amide bonds. The van der Waals surface area contributed by atoms with E-state index in [-0.39, 0.29) is 17.4 Å². The van der Waals surface area contributed by atoms with Crippen molar-refractivity contribution in [3.8, 4) is 0 Å². The largest absolute Gasteiger partial charge is 0.477 e. The maximum absolute atomic E-state index is 10.9. The fourth-order valence-corrected chi connectivity index (χ4v) is 1.59. The van der Waals surface area contributed by atoms with Crippen molar-refractivity contribution >= 4 is 40.0 Å². The van der Waals surface area contributed by atoms with Gasteiger partial charge in [-0.25, -0.2) is 14.8 Å². The molecule has 0 aliphatic carbocycles. The molecule has 0 aliphatic heterocycles. The van der Waals surface area contributed by atoms with Crippen molar-refractivity contribution in [1.82, 2.24) is 4.98 Å². The Bertz CT molecular complexity index is 640. The molecule has 5 nitrogen and oxygen atoms in total. The third-order valence-electron chi connectivity index (χ3n) is 2.32. The number of rotatable bonds is 3. The number of fused-ring (bicyclic) bond motifs is 1. The molecule has 18 heavy (non-hydrogen) atoms. The predicted octanol–water partition coefficient (Wildman–Crippen LogP) is 2.16. The number of halogens is 1. The van der Waals surface area contributed by atoms with Gasteiger partial charge in [0.2, 0.25) is 0 Å². The molecule has 0 saturated heterocycles. The minimum absolute atomic E-state index is 0.0328. The molecule has 0 spiro atoms. The van der Waals surface area contributed by atoms with Crippen molar-refractivity contribution in [3.63, 3.8) is 0 Å². The smallest absolute Gasteiger partial charge is 0.354 e. The van der Waals surface area contributed by atoms with E-state index in [1.807, 2.05) is 6.07 Å². The number of hydrogen-bond donors (Lipinski definition) is 2. The summed E-state index contributed by atoms with van der Waals surface area (Å²) >= 11 is 5.56. The molecule has 92 valence electrons. The number of carboxylic acid groups (broad SMARTS) is 1.